The molecule has 12 heteroatoms. The maximum atomic E-state index is 12.9. The number of nitro groups is 1. The summed E-state index contributed by atoms with van der Waals surface area (Å²) in [7, 11) is 0. The van der Waals surface area contributed by atoms with Gasteiger partial charge in [-0.3, -0.25) is 24.4 Å². The molecule has 1 amide bonds. The number of hydrogen-bond acceptors (Lipinski definition) is 6. The summed E-state index contributed by atoms with van der Waals surface area (Å²) in [6.45, 7) is 2.64. The molecule has 1 fully saturated rings. The Morgan fingerprint density at radius 3 is 2.51 bits per heavy atom. The number of hydrogen-bond donors (Lipinski definition) is 0. The van der Waals surface area contributed by atoms with E-state index in [-0.39, 0.29) is 30.1 Å². The number of alkyl halides is 3. The van der Waals surface area contributed by atoms with Crippen LogP contribution < -0.4 is 5.76 Å². The summed E-state index contributed by atoms with van der Waals surface area (Å²) >= 11 is 0. The van der Waals surface area contributed by atoms with Crippen LogP contribution in [0.1, 0.15) is 24.0 Å². The number of aryl methyl sites for hydroxylation is 1. The highest BCUT2D eigenvalue weighted by atomic mass is 19.4. The predicted octanol–water partition coefficient (Wildman–Crippen LogP) is 3.65. The second-order valence-electron chi connectivity index (χ2n) is 8.39. The van der Waals surface area contributed by atoms with Crippen LogP contribution in [0, 0.1) is 10.1 Å². The molecule has 3 aromatic rings. The third-order valence-corrected chi connectivity index (χ3v) is 6.02. The topological polar surface area (TPSA) is 102 Å². The molecule has 1 saturated heterocycles. The quantitative estimate of drug-likeness (QED) is 0.369. The number of nitro benzene ring substituents is 1. The molecule has 4 rings (SSSR count). The van der Waals surface area contributed by atoms with E-state index in [9.17, 15) is 32.9 Å². The minimum absolute atomic E-state index is 0.0693. The average Bonchev–Trinajstić information content (AvgIpc) is 3.13. The highest BCUT2D eigenvalue weighted by Gasteiger charge is 2.30. The summed E-state index contributed by atoms with van der Waals surface area (Å²) in [6, 6.07) is 9.18. The lowest BCUT2D eigenvalue weighted by Gasteiger charge is -2.35. The van der Waals surface area contributed by atoms with Gasteiger partial charge in [-0.2, -0.15) is 13.2 Å². The first-order chi connectivity index (χ1) is 16.6. The van der Waals surface area contributed by atoms with Crippen LogP contribution in [0.2, 0.25) is 0 Å². The van der Waals surface area contributed by atoms with Gasteiger partial charge in [0.25, 0.3) is 5.69 Å². The summed E-state index contributed by atoms with van der Waals surface area (Å²) in [4.78, 5) is 38.8. The Morgan fingerprint density at radius 2 is 1.83 bits per heavy atom. The van der Waals surface area contributed by atoms with E-state index in [1.807, 2.05) is 4.90 Å². The number of aromatic nitrogens is 1. The number of carbonyl (C=O) groups excluding carboxylic acids is 1. The minimum atomic E-state index is -4.38. The van der Waals surface area contributed by atoms with E-state index in [4.69, 9.17) is 4.42 Å². The zero-order valence-corrected chi connectivity index (χ0v) is 18.7. The molecule has 1 aromatic heterocycles. The van der Waals surface area contributed by atoms with Gasteiger partial charge < -0.3 is 9.32 Å². The highest BCUT2D eigenvalue weighted by Crippen LogP contribution is 2.30. The van der Waals surface area contributed by atoms with E-state index in [1.54, 1.807) is 11.0 Å². The first-order valence-electron chi connectivity index (χ1n) is 11.1. The van der Waals surface area contributed by atoms with Crippen LogP contribution in [-0.4, -0.2) is 51.4 Å². The number of oxazole rings is 1. The molecule has 2 heterocycles. The number of carbonyl (C=O) groups is 1. The fourth-order valence-corrected chi connectivity index (χ4v) is 4.19. The van der Waals surface area contributed by atoms with Crippen LogP contribution in [-0.2, 0) is 24.1 Å². The lowest BCUT2D eigenvalue weighted by Crippen LogP contribution is -2.48. The third kappa shape index (κ3) is 5.70. The van der Waals surface area contributed by atoms with Crippen molar-refractivity contribution in [3.63, 3.8) is 0 Å². The Hall–Kier alpha value is -3.67. The molecule has 1 aliphatic rings. The first-order valence-corrected chi connectivity index (χ1v) is 11.1. The van der Waals surface area contributed by atoms with Crippen molar-refractivity contribution in [3.05, 3.63) is 74.3 Å². The molecule has 0 aliphatic carbocycles. The van der Waals surface area contributed by atoms with Crippen molar-refractivity contribution in [1.82, 2.24) is 14.4 Å². The van der Waals surface area contributed by atoms with Crippen molar-refractivity contribution in [2.75, 3.05) is 26.2 Å². The lowest BCUT2D eigenvalue weighted by molar-refractivity contribution is -0.384. The molecule has 0 radical (unpaired) electrons. The fraction of sp³-hybridized carbons (Fsp3) is 0.391. The van der Waals surface area contributed by atoms with Gasteiger partial charge in [0.1, 0.15) is 0 Å². The molecule has 9 nitrogen and oxygen atoms in total. The van der Waals surface area contributed by atoms with Gasteiger partial charge in [-0.1, -0.05) is 18.2 Å². The second-order valence-corrected chi connectivity index (χ2v) is 8.39. The van der Waals surface area contributed by atoms with Crippen molar-refractivity contribution in [1.29, 1.82) is 0 Å². The molecule has 0 spiro atoms. The van der Waals surface area contributed by atoms with E-state index < -0.39 is 22.4 Å². The monoisotopic (exact) mass is 492 g/mol. The average molecular weight is 492 g/mol. The van der Waals surface area contributed by atoms with Crippen LogP contribution >= 0.6 is 0 Å². The zero-order chi connectivity index (χ0) is 25.2. The van der Waals surface area contributed by atoms with Gasteiger partial charge in [-0.15, -0.1) is 0 Å². The number of fused-ring (bicyclic) bond motifs is 1. The number of non-ortho nitro benzene ring substituents is 1. The van der Waals surface area contributed by atoms with E-state index in [0.717, 1.165) is 12.1 Å². The molecule has 186 valence electrons. The van der Waals surface area contributed by atoms with Crippen LogP contribution in [0.25, 0.3) is 11.1 Å². The van der Waals surface area contributed by atoms with Crippen molar-refractivity contribution >= 4 is 22.7 Å². The van der Waals surface area contributed by atoms with Crippen molar-refractivity contribution in [3.8, 4) is 0 Å². The number of piperazine rings is 1. The molecule has 0 bridgehead atoms. The Bertz CT molecular complexity index is 1290. The number of benzene rings is 2. The van der Waals surface area contributed by atoms with Gasteiger partial charge in [0.2, 0.25) is 5.91 Å². The van der Waals surface area contributed by atoms with Crippen molar-refractivity contribution < 1.29 is 27.3 Å². The molecule has 1 aliphatic heterocycles. The standard InChI is InChI=1S/C23H23F3N4O5/c24-23(25,26)17-4-1-3-16(13-17)15-27-9-11-28(12-10-27)21(31)5-2-8-29-19-7-6-18(30(33)34)14-20(19)35-22(29)32/h1,3-4,6-7,13-14H,2,5,8-12,15H2. The number of amides is 1. The summed E-state index contributed by atoms with van der Waals surface area (Å²) in [5.41, 5.74) is 0.263. The van der Waals surface area contributed by atoms with E-state index in [2.05, 4.69) is 0 Å². The molecule has 0 unspecified atom stereocenters. The number of rotatable bonds is 7. The van der Waals surface area contributed by atoms with Crippen LogP contribution in [0.5, 0.6) is 0 Å². The van der Waals surface area contributed by atoms with Gasteiger partial charge >= 0.3 is 11.9 Å². The van der Waals surface area contributed by atoms with Crippen LogP contribution in [0.3, 0.4) is 0 Å². The number of nitrogens with zero attached hydrogens (tertiary/aromatic N) is 4. The Labute approximate surface area is 197 Å². The molecule has 35 heavy (non-hydrogen) atoms. The summed E-state index contributed by atoms with van der Waals surface area (Å²) in [5, 5.41) is 10.9. The molecular weight excluding hydrogens is 469 g/mol. The zero-order valence-electron chi connectivity index (χ0n) is 18.7. The fourth-order valence-electron chi connectivity index (χ4n) is 4.19. The second kappa shape index (κ2) is 9.90. The maximum Gasteiger partial charge on any atom is 0.419 e. The van der Waals surface area contributed by atoms with Gasteiger partial charge in [-0.05, 0) is 24.1 Å². The van der Waals surface area contributed by atoms with Gasteiger partial charge in [0.05, 0.1) is 22.1 Å². The Morgan fingerprint density at radius 1 is 1.09 bits per heavy atom. The van der Waals surface area contributed by atoms with E-state index >= 15 is 0 Å². The SMILES string of the molecule is O=C(CCCn1c(=O)oc2cc([N+](=O)[O-])ccc21)N1CCN(Cc2cccc(C(F)(F)F)c2)CC1. The summed E-state index contributed by atoms with van der Waals surface area (Å²) in [5.74, 6) is -0.712. The summed E-state index contributed by atoms with van der Waals surface area (Å²) < 4.78 is 45.2. The molecule has 0 saturated carbocycles. The molecule has 0 N–H and O–H groups in total. The maximum absolute atomic E-state index is 12.9. The van der Waals surface area contributed by atoms with Gasteiger partial charge in [0.15, 0.2) is 5.58 Å². The van der Waals surface area contributed by atoms with Crippen molar-refractivity contribution in [2.24, 2.45) is 0 Å². The van der Waals surface area contributed by atoms with Gasteiger partial charge in [0, 0.05) is 51.8 Å². The van der Waals surface area contributed by atoms with Crippen molar-refractivity contribution in [2.45, 2.75) is 32.1 Å². The predicted molar refractivity (Wildman–Crippen MR) is 120 cm³/mol. The smallest absolute Gasteiger partial charge is 0.407 e. The largest absolute Gasteiger partial charge is 0.419 e. The first kappa shape index (κ1) is 24.5. The number of halogens is 3. The third-order valence-electron chi connectivity index (χ3n) is 6.02. The van der Waals surface area contributed by atoms with Gasteiger partial charge in [-0.25, -0.2) is 4.79 Å². The molecule has 2 aromatic carbocycles. The van der Waals surface area contributed by atoms with E-state index in [1.165, 1.54) is 28.8 Å². The molecular formula is C23H23F3N4O5. The Kier molecular flexibility index (Phi) is 6.92. The summed E-state index contributed by atoms with van der Waals surface area (Å²) in [6.07, 6.45) is -3.79. The van der Waals surface area contributed by atoms with Crippen LogP contribution in [0.15, 0.2) is 51.7 Å². The minimum Gasteiger partial charge on any atom is -0.407 e. The Balaban J connectivity index is 1.27. The van der Waals surface area contributed by atoms with E-state index in [0.29, 0.717) is 50.2 Å². The molecule has 0 atom stereocenters. The highest BCUT2D eigenvalue weighted by molar-refractivity contribution is 5.77. The van der Waals surface area contributed by atoms with Crippen LogP contribution in [0.4, 0.5) is 18.9 Å². The lowest BCUT2D eigenvalue weighted by atomic mass is 10.1. The normalized spacial score (nSPS) is 15.0.